The number of amides is 3. The summed E-state index contributed by atoms with van der Waals surface area (Å²) in [5.41, 5.74) is -0.0264. The molecule has 0 saturated heterocycles. The van der Waals surface area contributed by atoms with E-state index in [0.29, 0.717) is 12.8 Å². The van der Waals surface area contributed by atoms with Crippen molar-refractivity contribution >= 4 is 29.8 Å². The smallest absolute Gasteiger partial charge is 0.408 e. The van der Waals surface area contributed by atoms with Gasteiger partial charge in [-0.05, 0) is 65.9 Å². The lowest BCUT2D eigenvalue weighted by Gasteiger charge is -2.33. The number of hydrogen-bond donors (Lipinski definition) is 6. The van der Waals surface area contributed by atoms with E-state index in [2.05, 4.69) is 22.9 Å². The van der Waals surface area contributed by atoms with Crippen molar-refractivity contribution in [1.82, 2.24) is 16.0 Å². The molecule has 14 heteroatoms. The van der Waals surface area contributed by atoms with E-state index in [4.69, 9.17) is 14.2 Å². The molecule has 3 amide bonds. The Kier molecular flexibility index (Phi) is 25.2. The number of alkyl carbamates (subject to hydrolysis) is 1. The highest BCUT2D eigenvalue weighted by atomic mass is 16.6. The van der Waals surface area contributed by atoms with Crippen LogP contribution in [0.1, 0.15) is 152 Å². The van der Waals surface area contributed by atoms with E-state index in [-0.39, 0.29) is 6.61 Å². The van der Waals surface area contributed by atoms with Crippen molar-refractivity contribution in [2.24, 2.45) is 17.8 Å². The first-order valence-corrected chi connectivity index (χ1v) is 21.7. The van der Waals surface area contributed by atoms with Crippen LogP contribution in [0.2, 0.25) is 0 Å². The van der Waals surface area contributed by atoms with Gasteiger partial charge in [0.2, 0.25) is 11.8 Å². The molecule has 0 unspecified atom stereocenters. The summed E-state index contributed by atoms with van der Waals surface area (Å²) in [5, 5.41) is 39.1. The Balaban J connectivity index is 3.29. The molecule has 0 fully saturated rings. The molecule has 14 nitrogen and oxygen atoms in total. The maximum Gasteiger partial charge on any atom is 0.408 e. The second-order valence-corrected chi connectivity index (χ2v) is 17.4. The van der Waals surface area contributed by atoms with Gasteiger partial charge >= 0.3 is 18.0 Å². The molecule has 0 aromatic heterocycles. The topological polar surface area (TPSA) is 210 Å². The predicted molar refractivity (Wildman–Crippen MR) is 227 cm³/mol. The van der Waals surface area contributed by atoms with Crippen LogP contribution < -0.4 is 16.0 Å². The minimum absolute atomic E-state index is 0.0814. The highest BCUT2D eigenvalue weighted by Gasteiger charge is 2.39. The van der Waals surface area contributed by atoms with Gasteiger partial charge in [0.05, 0.1) is 30.8 Å². The maximum absolute atomic E-state index is 14.2. The molecule has 0 saturated carbocycles. The lowest BCUT2D eigenvalue weighted by Crippen LogP contribution is -2.61. The summed E-state index contributed by atoms with van der Waals surface area (Å²) in [6.45, 7) is 16.6. The van der Waals surface area contributed by atoms with E-state index >= 15 is 0 Å². The normalized spacial score (nSPS) is 16.4. The van der Waals surface area contributed by atoms with E-state index in [1.54, 1.807) is 48.5 Å². The summed E-state index contributed by atoms with van der Waals surface area (Å²) in [5.74, 6) is -6.11. The van der Waals surface area contributed by atoms with Crippen LogP contribution in [0.5, 0.6) is 0 Å². The van der Waals surface area contributed by atoms with Gasteiger partial charge in [-0.3, -0.25) is 14.4 Å². The van der Waals surface area contributed by atoms with Crippen LogP contribution in [-0.2, 0) is 40.0 Å². The Morgan fingerprint density at radius 2 is 1.20 bits per heavy atom. The Morgan fingerprint density at radius 1 is 0.695 bits per heavy atom. The number of carboxylic acids is 1. The zero-order valence-electron chi connectivity index (χ0n) is 37.5. The van der Waals surface area contributed by atoms with Gasteiger partial charge in [0.1, 0.15) is 23.8 Å². The molecule has 0 spiro atoms. The van der Waals surface area contributed by atoms with Crippen molar-refractivity contribution in [2.45, 2.75) is 201 Å². The molecule has 1 rings (SSSR count). The van der Waals surface area contributed by atoms with E-state index < -0.39 is 95.7 Å². The number of carbonyl (C=O) groups is 5. The zero-order chi connectivity index (χ0) is 44.7. The molecule has 338 valence electrons. The van der Waals surface area contributed by atoms with Crippen LogP contribution in [-0.4, -0.2) is 93.3 Å². The maximum atomic E-state index is 14.2. The molecule has 9 atom stereocenters. The Bertz CT molecular complexity index is 1380. The molecule has 0 bridgehead atoms. The van der Waals surface area contributed by atoms with Crippen LogP contribution in [0, 0.1) is 17.8 Å². The van der Waals surface area contributed by atoms with Crippen LogP contribution >= 0.6 is 0 Å². The molecule has 1 aromatic carbocycles. The molecule has 0 aliphatic heterocycles. The Hall–Kier alpha value is -3.75. The molecule has 0 aliphatic rings. The van der Waals surface area contributed by atoms with Crippen molar-refractivity contribution < 1.29 is 53.5 Å². The summed E-state index contributed by atoms with van der Waals surface area (Å²) in [6, 6.07) is 5.04. The number of carbonyl (C=O) groups excluding carboxylic acids is 4. The third kappa shape index (κ3) is 21.4. The van der Waals surface area contributed by atoms with E-state index in [9.17, 15) is 39.3 Å². The number of benzene rings is 1. The fourth-order valence-corrected chi connectivity index (χ4v) is 6.61. The average molecular weight is 836 g/mol. The number of carboxylic acid groups (broad SMARTS) is 1. The fraction of sp³-hybridized carbons (Fsp3) is 0.756. The van der Waals surface area contributed by atoms with Gasteiger partial charge in [-0.2, -0.15) is 0 Å². The first kappa shape index (κ1) is 53.3. The van der Waals surface area contributed by atoms with Crippen molar-refractivity contribution in [1.29, 1.82) is 0 Å². The number of rotatable bonds is 29. The summed E-state index contributed by atoms with van der Waals surface area (Å²) in [4.78, 5) is 66.0. The summed E-state index contributed by atoms with van der Waals surface area (Å²) < 4.78 is 17.4. The number of hydrogen-bond acceptors (Lipinski definition) is 10. The molecule has 59 heavy (non-hydrogen) atoms. The fourth-order valence-electron chi connectivity index (χ4n) is 6.61. The minimum atomic E-state index is -1.56. The number of aliphatic hydroxyl groups is 2. The van der Waals surface area contributed by atoms with Gasteiger partial charge < -0.3 is 45.5 Å². The Labute approximate surface area is 353 Å². The number of aliphatic hydroxyl groups excluding tert-OH is 2. The first-order valence-electron chi connectivity index (χ1n) is 21.7. The van der Waals surface area contributed by atoms with Crippen LogP contribution in [0.3, 0.4) is 0 Å². The van der Waals surface area contributed by atoms with Crippen LogP contribution in [0.4, 0.5) is 4.79 Å². The van der Waals surface area contributed by atoms with E-state index in [1.807, 2.05) is 30.3 Å². The SMILES string of the molecule is CCCCCCCCCCCCC[C@@H](OC(=O)[C@@H](NC(=O)[C@@H](NC(=O)[C@@H](NC(=O)OC(C)(C)C)C(C)C)[C@@H](C)O)[C@@H](C)OCc1ccccc1)[C@H](C)[C@@H](O)[C@@H](C)C(=O)O. The van der Waals surface area contributed by atoms with Crippen LogP contribution in [0.25, 0.3) is 0 Å². The number of unbranched alkanes of at least 4 members (excludes halogenated alkanes) is 10. The van der Waals surface area contributed by atoms with Gasteiger partial charge in [0.15, 0.2) is 6.04 Å². The molecular formula is C45H77N3O11. The summed E-state index contributed by atoms with van der Waals surface area (Å²) >= 11 is 0. The van der Waals surface area contributed by atoms with Crippen molar-refractivity contribution in [3.63, 3.8) is 0 Å². The van der Waals surface area contributed by atoms with E-state index in [1.165, 1.54) is 52.4 Å². The molecule has 0 heterocycles. The first-order chi connectivity index (χ1) is 27.7. The number of esters is 1. The highest BCUT2D eigenvalue weighted by Crippen LogP contribution is 2.25. The predicted octanol–water partition coefficient (Wildman–Crippen LogP) is 6.82. The third-order valence-electron chi connectivity index (χ3n) is 10.4. The molecular weight excluding hydrogens is 759 g/mol. The molecule has 0 radical (unpaired) electrons. The second-order valence-electron chi connectivity index (χ2n) is 17.4. The van der Waals surface area contributed by atoms with Crippen molar-refractivity contribution in [2.75, 3.05) is 0 Å². The summed E-state index contributed by atoms with van der Waals surface area (Å²) in [7, 11) is 0. The quantitative estimate of drug-likeness (QED) is 0.0364. The van der Waals surface area contributed by atoms with Crippen molar-refractivity contribution in [3.8, 4) is 0 Å². The largest absolute Gasteiger partial charge is 0.481 e. The van der Waals surface area contributed by atoms with Gasteiger partial charge in [-0.1, -0.05) is 122 Å². The van der Waals surface area contributed by atoms with Crippen molar-refractivity contribution in [3.05, 3.63) is 35.9 Å². The van der Waals surface area contributed by atoms with Crippen LogP contribution in [0.15, 0.2) is 30.3 Å². The van der Waals surface area contributed by atoms with E-state index in [0.717, 1.165) is 31.2 Å². The standard InChI is InChI=1S/C45H77N3O11/c1-11-12-13-14-15-16-17-18-19-20-24-27-35(30(4)39(50)31(5)42(53)54)58-43(55)38(33(7)57-28-34-25-22-21-23-26-34)47-41(52)37(32(6)49)46-40(51)36(29(2)3)48-44(56)59-45(8,9)10/h21-23,25-26,29-33,35-39,49-50H,11-20,24,27-28H2,1-10H3,(H,46,51)(H,47,52)(H,48,56)(H,53,54)/t30-,31+,32+,33+,35+,36-,37-,38-,39+/m0/s1. The molecule has 1 aromatic rings. The number of aliphatic carboxylic acids is 1. The average Bonchev–Trinajstić information content (AvgIpc) is 3.16. The second kappa shape index (κ2) is 27.9. The monoisotopic (exact) mass is 836 g/mol. The molecule has 6 N–H and O–H groups in total. The Morgan fingerprint density at radius 3 is 1.69 bits per heavy atom. The van der Waals surface area contributed by atoms with Gasteiger partial charge in [-0.25, -0.2) is 9.59 Å². The minimum Gasteiger partial charge on any atom is -0.481 e. The van der Waals surface area contributed by atoms with Gasteiger partial charge in [-0.15, -0.1) is 0 Å². The number of nitrogens with one attached hydrogen (secondary N) is 3. The van der Waals surface area contributed by atoms with Gasteiger partial charge in [0.25, 0.3) is 0 Å². The lowest BCUT2D eigenvalue weighted by atomic mass is 9.87. The molecule has 0 aliphatic carbocycles. The highest BCUT2D eigenvalue weighted by molar-refractivity contribution is 5.93. The van der Waals surface area contributed by atoms with Gasteiger partial charge in [0, 0.05) is 5.92 Å². The lowest BCUT2D eigenvalue weighted by molar-refractivity contribution is -0.165. The third-order valence-corrected chi connectivity index (χ3v) is 10.4. The number of ether oxygens (including phenoxy) is 3. The zero-order valence-corrected chi connectivity index (χ0v) is 37.5. The summed E-state index contributed by atoms with van der Waals surface area (Å²) in [6.07, 6.45) is 7.00.